The fourth-order valence-corrected chi connectivity index (χ4v) is 2.98. The van der Waals surface area contributed by atoms with E-state index in [2.05, 4.69) is 0 Å². The largest absolute Gasteiger partial charge is 0.508 e. The molecular weight excluding hydrogens is 412 g/mol. The van der Waals surface area contributed by atoms with Crippen LogP contribution in [-0.4, -0.2) is 63.7 Å². The number of aromatic hydroxyl groups is 1. The van der Waals surface area contributed by atoms with E-state index in [1.165, 1.54) is 31.4 Å². The van der Waals surface area contributed by atoms with Crippen molar-refractivity contribution in [3.8, 4) is 11.5 Å². The summed E-state index contributed by atoms with van der Waals surface area (Å²) in [4.78, 5) is 24.1. The van der Waals surface area contributed by atoms with Gasteiger partial charge in [0.15, 0.2) is 6.10 Å². The number of phenolic OH excluding ortho intramolecular Hbond substituents is 1. The number of esters is 1. The first-order valence-corrected chi connectivity index (χ1v) is 9.35. The Hall–Kier alpha value is -3.18. The van der Waals surface area contributed by atoms with Gasteiger partial charge in [-0.15, -0.1) is 0 Å². The third kappa shape index (κ3) is 5.30. The molecule has 0 spiro atoms. The van der Waals surface area contributed by atoms with E-state index in [-0.39, 0.29) is 17.3 Å². The van der Waals surface area contributed by atoms with Crippen molar-refractivity contribution in [2.45, 2.75) is 37.6 Å². The molecule has 0 bridgehead atoms. The minimum Gasteiger partial charge on any atom is -0.508 e. The molecule has 1 fully saturated rings. The SMILES string of the molecule is Cc1occc(=O)c1O[C@@H]1O[C@H](CO)[C@@H](OC(=O)C=Cc2ccc(O)cc2)[C@H](O)[C@H]1O. The highest BCUT2D eigenvalue weighted by atomic mass is 16.7. The highest BCUT2D eigenvalue weighted by Crippen LogP contribution is 2.26. The summed E-state index contributed by atoms with van der Waals surface area (Å²) in [5, 5.41) is 39.7. The molecule has 3 rings (SSSR count). The van der Waals surface area contributed by atoms with Crippen molar-refractivity contribution < 1.29 is 43.8 Å². The van der Waals surface area contributed by atoms with Crippen LogP contribution in [0.1, 0.15) is 11.3 Å². The maximum Gasteiger partial charge on any atom is 0.331 e. The van der Waals surface area contributed by atoms with Crippen molar-refractivity contribution in [3.05, 3.63) is 64.2 Å². The average molecular weight is 434 g/mol. The lowest BCUT2D eigenvalue weighted by Crippen LogP contribution is -2.61. The van der Waals surface area contributed by atoms with Crippen molar-refractivity contribution in [2.75, 3.05) is 6.61 Å². The Labute approximate surface area is 176 Å². The number of phenols is 1. The van der Waals surface area contributed by atoms with Gasteiger partial charge in [0.2, 0.25) is 17.5 Å². The van der Waals surface area contributed by atoms with E-state index in [0.29, 0.717) is 5.56 Å². The van der Waals surface area contributed by atoms with E-state index < -0.39 is 48.7 Å². The maximum atomic E-state index is 12.2. The summed E-state index contributed by atoms with van der Waals surface area (Å²) in [7, 11) is 0. The number of aryl methyl sites for hydroxylation is 1. The molecule has 31 heavy (non-hydrogen) atoms. The Kier molecular flexibility index (Phi) is 7.08. The van der Waals surface area contributed by atoms with Crippen LogP contribution in [0.15, 0.2) is 51.9 Å². The number of benzene rings is 1. The number of aliphatic hydroxyl groups excluding tert-OH is 3. The van der Waals surface area contributed by atoms with Gasteiger partial charge in [-0.05, 0) is 30.7 Å². The van der Waals surface area contributed by atoms with Gasteiger partial charge in [-0.1, -0.05) is 12.1 Å². The highest BCUT2D eigenvalue weighted by Gasteiger charge is 2.47. The first-order chi connectivity index (χ1) is 14.8. The van der Waals surface area contributed by atoms with Crippen LogP contribution in [0.4, 0.5) is 0 Å². The molecule has 0 radical (unpaired) electrons. The van der Waals surface area contributed by atoms with Gasteiger partial charge in [-0.2, -0.15) is 0 Å². The number of rotatable bonds is 6. The normalized spacial score (nSPS) is 26.0. The molecule has 0 unspecified atom stereocenters. The fourth-order valence-electron chi connectivity index (χ4n) is 2.98. The average Bonchev–Trinajstić information content (AvgIpc) is 2.75. The Morgan fingerprint density at radius 1 is 1.16 bits per heavy atom. The summed E-state index contributed by atoms with van der Waals surface area (Å²) in [6.45, 7) is 0.808. The molecule has 1 aromatic carbocycles. The van der Waals surface area contributed by atoms with Gasteiger partial charge in [0.1, 0.15) is 29.8 Å². The third-order valence-electron chi connectivity index (χ3n) is 4.62. The van der Waals surface area contributed by atoms with Crippen LogP contribution in [0.3, 0.4) is 0 Å². The Bertz CT molecular complexity index is 978. The van der Waals surface area contributed by atoms with Crippen molar-refractivity contribution in [1.29, 1.82) is 0 Å². The number of aliphatic hydroxyl groups is 3. The molecule has 5 atom stereocenters. The standard InChI is InChI=1S/C21H22O10/c1-11-19(14(24)8-9-28-11)31-21-18(27)17(26)20(15(10-22)29-21)30-16(25)7-4-12-2-5-13(23)6-3-12/h2-9,15,17-18,20-23,26-27H,10H2,1H3/t15-,17-,18-,20-,21+/m1/s1. The molecule has 0 saturated carbocycles. The van der Waals surface area contributed by atoms with Gasteiger partial charge in [0.05, 0.1) is 12.9 Å². The highest BCUT2D eigenvalue weighted by molar-refractivity contribution is 5.87. The van der Waals surface area contributed by atoms with Gasteiger partial charge >= 0.3 is 5.97 Å². The van der Waals surface area contributed by atoms with E-state index >= 15 is 0 Å². The van der Waals surface area contributed by atoms with Crippen LogP contribution in [-0.2, 0) is 14.3 Å². The molecule has 4 N–H and O–H groups in total. The van der Waals surface area contributed by atoms with Crippen molar-refractivity contribution in [1.82, 2.24) is 0 Å². The number of carbonyl (C=O) groups excluding carboxylic acids is 1. The van der Waals surface area contributed by atoms with Crippen LogP contribution in [0, 0.1) is 6.92 Å². The Balaban J connectivity index is 1.69. The third-order valence-corrected chi connectivity index (χ3v) is 4.62. The molecule has 1 saturated heterocycles. The summed E-state index contributed by atoms with van der Waals surface area (Å²) >= 11 is 0. The molecule has 0 aliphatic carbocycles. The quantitative estimate of drug-likeness (QED) is 0.363. The topological polar surface area (TPSA) is 156 Å². The van der Waals surface area contributed by atoms with Gasteiger partial charge in [-0.25, -0.2) is 4.79 Å². The summed E-state index contributed by atoms with van der Waals surface area (Å²) < 4.78 is 21.0. The van der Waals surface area contributed by atoms with Crippen LogP contribution in [0.2, 0.25) is 0 Å². The molecule has 1 aromatic heterocycles. The zero-order chi connectivity index (χ0) is 22.5. The predicted octanol–water partition coefficient (Wildman–Crippen LogP) is 0.0968. The van der Waals surface area contributed by atoms with E-state index in [1.54, 1.807) is 12.1 Å². The molecule has 0 amide bonds. The minimum atomic E-state index is -1.69. The summed E-state index contributed by atoms with van der Waals surface area (Å²) in [6.07, 6.45) is -3.82. The van der Waals surface area contributed by atoms with Gasteiger partial charge in [0, 0.05) is 12.1 Å². The van der Waals surface area contributed by atoms with E-state index in [9.17, 15) is 30.0 Å². The van der Waals surface area contributed by atoms with Gasteiger partial charge < -0.3 is 39.1 Å². The second kappa shape index (κ2) is 9.75. The second-order valence-corrected chi connectivity index (χ2v) is 6.82. The Morgan fingerprint density at radius 3 is 2.52 bits per heavy atom. The number of carbonyl (C=O) groups is 1. The smallest absolute Gasteiger partial charge is 0.331 e. The number of hydrogen-bond donors (Lipinski definition) is 4. The van der Waals surface area contributed by atoms with Crippen LogP contribution in [0.5, 0.6) is 11.5 Å². The fraction of sp³-hybridized carbons (Fsp3) is 0.333. The lowest BCUT2D eigenvalue weighted by Gasteiger charge is -2.41. The number of ether oxygens (including phenoxy) is 3. The van der Waals surface area contributed by atoms with Crippen molar-refractivity contribution in [2.24, 2.45) is 0 Å². The molecule has 10 heteroatoms. The Morgan fingerprint density at radius 2 is 1.87 bits per heavy atom. The van der Waals surface area contributed by atoms with Gasteiger partial charge in [-0.3, -0.25) is 4.79 Å². The molecule has 1 aliphatic heterocycles. The summed E-state index contributed by atoms with van der Waals surface area (Å²) in [5.41, 5.74) is 0.0852. The lowest BCUT2D eigenvalue weighted by atomic mass is 9.99. The molecule has 1 aliphatic rings. The first kappa shape index (κ1) is 22.5. The maximum absolute atomic E-state index is 12.2. The van der Waals surface area contributed by atoms with E-state index in [1.807, 2.05) is 0 Å². The van der Waals surface area contributed by atoms with E-state index in [4.69, 9.17) is 18.6 Å². The van der Waals surface area contributed by atoms with Gasteiger partial charge in [0.25, 0.3) is 0 Å². The monoisotopic (exact) mass is 434 g/mol. The minimum absolute atomic E-state index is 0.0715. The van der Waals surface area contributed by atoms with Crippen molar-refractivity contribution in [3.63, 3.8) is 0 Å². The molecular formula is C21H22O10. The first-order valence-electron chi connectivity index (χ1n) is 9.35. The lowest BCUT2D eigenvalue weighted by molar-refractivity contribution is -0.280. The van der Waals surface area contributed by atoms with Crippen LogP contribution in [0.25, 0.3) is 6.08 Å². The molecule has 2 aromatic rings. The van der Waals surface area contributed by atoms with Crippen LogP contribution < -0.4 is 10.2 Å². The van der Waals surface area contributed by atoms with Crippen molar-refractivity contribution >= 4 is 12.0 Å². The predicted molar refractivity (Wildman–Crippen MR) is 105 cm³/mol. The summed E-state index contributed by atoms with van der Waals surface area (Å²) in [5.74, 6) is -0.874. The van der Waals surface area contributed by atoms with Crippen LogP contribution >= 0.6 is 0 Å². The number of hydrogen-bond acceptors (Lipinski definition) is 10. The molecule has 2 heterocycles. The molecule has 166 valence electrons. The second-order valence-electron chi connectivity index (χ2n) is 6.82. The zero-order valence-corrected chi connectivity index (χ0v) is 16.5. The summed E-state index contributed by atoms with van der Waals surface area (Å²) in [6, 6.07) is 7.14. The van der Waals surface area contributed by atoms with E-state index in [0.717, 1.165) is 12.1 Å². The molecule has 10 nitrogen and oxygen atoms in total. The zero-order valence-electron chi connectivity index (χ0n) is 16.5.